The van der Waals surface area contributed by atoms with Crippen molar-refractivity contribution >= 4 is 22.6 Å². The van der Waals surface area contributed by atoms with Crippen molar-refractivity contribution in [2.24, 2.45) is 10.9 Å². The molecule has 4 aliphatic rings. The van der Waals surface area contributed by atoms with Gasteiger partial charge in [0.05, 0.1) is 6.54 Å². The molecule has 0 saturated carbocycles. The number of aliphatic imine (C=N–C) groups is 1. The Kier molecular flexibility index (Phi) is 3.29. The summed E-state index contributed by atoms with van der Waals surface area (Å²) in [6, 6.07) is 7.11. The fourth-order valence-corrected chi connectivity index (χ4v) is 4.55. The van der Waals surface area contributed by atoms with Crippen LogP contribution in [0, 0.1) is 19.8 Å². The van der Waals surface area contributed by atoms with Crippen LogP contribution in [0.25, 0.3) is 10.8 Å². The molecule has 1 aromatic heterocycles. The summed E-state index contributed by atoms with van der Waals surface area (Å²) in [4.78, 5) is 11.7. The summed E-state index contributed by atoms with van der Waals surface area (Å²) in [5.74, 6) is 1.43. The van der Waals surface area contributed by atoms with E-state index in [1.807, 2.05) is 6.20 Å². The molecule has 25 heavy (non-hydrogen) atoms. The van der Waals surface area contributed by atoms with Crippen molar-refractivity contribution < 1.29 is 4.74 Å². The molecule has 5 nitrogen and oxygen atoms in total. The molecule has 1 atom stereocenters. The summed E-state index contributed by atoms with van der Waals surface area (Å²) >= 11 is 0. The second kappa shape index (κ2) is 5.43. The van der Waals surface area contributed by atoms with Crippen molar-refractivity contribution in [3.63, 3.8) is 0 Å². The molecular formula is C20H24N4O. The van der Waals surface area contributed by atoms with Crippen LogP contribution in [0.15, 0.2) is 29.4 Å². The number of amidine groups is 1. The molecule has 130 valence electrons. The van der Waals surface area contributed by atoms with Gasteiger partial charge in [0.1, 0.15) is 11.4 Å². The maximum absolute atomic E-state index is 6.34. The minimum atomic E-state index is -0.108. The number of aromatic nitrogens is 1. The fraction of sp³-hybridized carbons (Fsp3) is 0.500. The Morgan fingerprint density at radius 1 is 1.12 bits per heavy atom. The number of nitrogens with zero attached hydrogens (tertiary/aromatic N) is 3. The molecule has 3 fully saturated rings. The molecule has 1 spiro atoms. The summed E-state index contributed by atoms with van der Waals surface area (Å²) < 4.78 is 6.34. The normalized spacial score (nSPS) is 30.6. The van der Waals surface area contributed by atoms with Gasteiger partial charge >= 0.3 is 0 Å². The molecule has 2 aromatic rings. The number of pyridine rings is 1. The lowest BCUT2D eigenvalue weighted by molar-refractivity contribution is -0.0829. The van der Waals surface area contributed by atoms with Crippen LogP contribution in [0.4, 0.5) is 5.82 Å². The lowest BCUT2D eigenvalue weighted by Crippen LogP contribution is -2.61. The zero-order valence-electron chi connectivity index (χ0n) is 14.9. The average molecular weight is 336 g/mol. The molecule has 0 radical (unpaired) electrons. The van der Waals surface area contributed by atoms with E-state index in [0.717, 1.165) is 24.3 Å². The lowest BCUT2D eigenvalue weighted by atomic mass is 9.75. The first-order valence-corrected chi connectivity index (χ1v) is 9.21. The van der Waals surface area contributed by atoms with Crippen LogP contribution in [-0.4, -0.2) is 47.7 Å². The van der Waals surface area contributed by atoms with Crippen molar-refractivity contribution in [2.75, 3.05) is 31.5 Å². The van der Waals surface area contributed by atoms with E-state index in [1.54, 1.807) is 0 Å². The van der Waals surface area contributed by atoms with Gasteiger partial charge < -0.3 is 4.74 Å². The van der Waals surface area contributed by atoms with Gasteiger partial charge in [-0.25, -0.2) is 9.98 Å². The van der Waals surface area contributed by atoms with Crippen LogP contribution >= 0.6 is 0 Å². The Balaban J connectivity index is 1.36. The van der Waals surface area contributed by atoms with Crippen LogP contribution in [0.5, 0.6) is 0 Å². The fourth-order valence-electron chi connectivity index (χ4n) is 4.55. The molecule has 5 heteroatoms. The SMILES string of the molecule is Cc1cc2cnc(NC3=NCC4(CN5CCC4CC5)O3)cc2cc1C. The molecule has 3 saturated heterocycles. The highest BCUT2D eigenvalue weighted by molar-refractivity contribution is 5.93. The molecule has 6 rings (SSSR count). The monoisotopic (exact) mass is 336 g/mol. The number of hydrogen-bond acceptors (Lipinski definition) is 5. The minimum Gasteiger partial charge on any atom is -0.455 e. The van der Waals surface area contributed by atoms with Crippen molar-refractivity contribution in [3.05, 3.63) is 35.5 Å². The summed E-state index contributed by atoms with van der Waals surface area (Å²) in [6.45, 7) is 8.48. The van der Waals surface area contributed by atoms with Crippen molar-refractivity contribution in [1.82, 2.24) is 9.88 Å². The first kappa shape index (κ1) is 15.1. The predicted octanol–water partition coefficient (Wildman–Crippen LogP) is 3.11. The third-order valence-corrected chi connectivity index (χ3v) is 6.18. The third-order valence-electron chi connectivity index (χ3n) is 6.18. The summed E-state index contributed by atoms with van der Waals surface area (Å²) in [5, 5.41) is 5.65. The number of anilines is 1. The Morgan fingerprint density at radius 3 is 2.60 bits per heavy atom. The largest absolute Gasteiger partial charge is 0.455 e. The quantitative estimate of drug-likeness (QED) is 0.869. The molecule has 0 amide bonds. The lowest BCUT2D eigenvalue weighted by Gasteiger charge is -2.50. The van der Waals surface area contributed by atoms with Crippen LogP contribution in [-0.2, 0) is 4.74 Å². The molecule has 5 heterocycles. The maximum atomic E-state index is 6.34. The van der Waals surface area contributed by atoms with Crippen LogP contribution in [0.3, 0.4) is 0 Å². The van der Waals surface area contributed by atoms with E-state index in [-0.39, 0.29) is 5.60 Å². The van der Waals surface area contributed by atoms with Gasteiger partial charge in [0.15, 0.2) is 0 Å². The summed E-state index contributed by atoms with van der Waals surface area (Å²) in [5.41, 5.74) is 2.48. The van der Waals surface area contributed by atoms with Gasteiger partial charge in [0.2, 0.25) is 0 Å². The molecule has 1 aromatic carbocycles. The Labute approximate surface area is 148 Å². The Hall–Kier alpha value is -2.14. The van der Waals surface area contributed by atoms with Crippen LogP contribution in [0.1, 0.15) is 24.0 Å². The molecule has 0 aliphatic carbocycles. The number of nitrogens with one attached hydrogen (secondary N) is 1. The second-order valence-electron chi connectivity index (χ2n) is 7.82. The number of aryl methyl sites for hydroxylation is 2. The first-order chi connectivity index (χ1) is 12.1. The van der Waals surface area contributed by atoms with Gasteiger partial charge in [-0.15, -0.1) is 0 Å². The van der Waals surface area contributed by atoms with E-state index in [4.69, 9.17) is 4.74 Å². The van der Waals surface area contributed by atoms with Gasteiger partial charge in [-0.2, -0.15) is 0 Å². The number of piperidine rings is 3. The highest BCUT2D eigenvalue weighted by atomic mass is 16.5. The van der Waals surface area contributed by atoms with Crippen LogP contribution < -0.4 is 5.32 Å². The molecular weight excluding hydrogens is 312 g/mol. The highest BCUT2D eigenvalue weighted by Gasteiger charge is 2.51. The average Bonchev–Trinajstić information content (AvgIpc) is 2.99. The van der Waals surface area contributed by atoms with E-state index >= 15 is 0 Å². The van der Waals surface area contributed by atoms with E-state index < -0.39 is 0 Å². The van der Waals surface area contributed by atoms with Crippen molar-refractivity contribution in [1.29, 1.82) is 0 Å². The zero-order chi connectivity index (χ0) is 17.0. The topological polar surface area (TPSA) is 49.8 Å². The highest BCUT2D eigenvalue weighted by Crippen LogP contribution is 2.40. The third kappa shape index (κ3) is 2.49. The standard InChI is InChI=1S/C20H24N4O/c1-13-7-15-9-18(21-10-16(15)8-14(13)2)23-19-22-11-20(25-19)12-24-5-3-17(20)4-6-24/h7-10,17H,3-6,11-12H2,1-2H3,(H,21,22,23). The Morgan fingerprint density at radius 2 is 1.88 bits per heavy atom. The van der Waals surface area contributed by atoms with Gasteiger partial charge in [0, 0.05) is 24.0 Å². The van der Waals surface area contributed by atoms with Gasteiger partial charge in [0.25, 0.3) is 6.02 Å². The maximum Gasteiger partial charge on any atom is 0.291 e. The number of hydrogen-bond donors (Lipinski definition) is 1. The smallest absolute Gasteiger partial charge is 0.291 e. The summed E-state index contributed by atoms with van der Waals surface area (Å²) in [7, 11) is 0. The number of rotatable bonds is 1. The number of ether oxygens (including phenoxy) is 1. The predicted molar refractivity (Wildman–Crippen MR) is 100 cm³/mol. The molecule has 4 aliphatic heterocycles. The molecule has 2 bridgehead atoms. The number of fused-ring (bicyclic) bond motifs is 3. The minimum absolute atomic E-state index is 0.108. The van der Waals surface area contributed by atoms with Crippen molar-refractivity contribution in [3.8, 4) is 0 Å². The van der Waals surface area contributed by atoms with Gasteiger partial charge in [-0.05, 0) is 68.4 Å². The zero-order valence-corrected chi connectivity index (χ0v) is 14.9. The first-order valence-electron chi connectivity index (χ1n) is 9.21. The summed E-state index contributed by atoms with van der Waals surface area (Å²) in [6.07, 6.45) is 4.38. The Bertz CT molecular complexity index is 869. The van der Waals surface area contributed by atoms with Crippen molar-refractivity contribution in [2.45, 2.75) is 32.3 Å². The van der Waals surface area contributed by atoms with E-state index in [1.165, 1.54) is 42.4 Å². The molecule has 1 unspecified atom stereocenters. The molecule has 1 N–H and O–H groups in total. The van der Waals surface area contributed by atoms with Crippen LogP contribution in [0.2, 0.25) is 0 Å². The number of benzene rings is 1. The van der Waals surface area contributed by atoms with Gasteiger partial charge in [-0.3, -0.25) is 10.2 Å². The van der Waals surface area contributed by atoms with Gasteiger partial charge in [-0.1, -0.05) is 6.07 Å². The van der Waals surface area contributed by atoms with E-state index in [0.29, 0.717) is 11.9 Å². The van der Waals surface area contributed by atoms with E-state index in [9.17, 15) is 0 Å². The second-order valence-corrected chi connectivity index (χ2v) is 7.82. The van der Waals surface area contributed by atoms with E-state index in [2.05, 4.69) is 52.2 Å².